The van der Waals surface area contributed by atoms with Gasteiger partial charge in [0.05, 0.1) is 0 Å². The van der Waals surface area contributed by atoms with E-state index in [1.54, 1.807) is 0 Å². The summed E-state index contributed by atoms with van der Waals surface area (Å²) >= 11 is 0. The molecule has 0 aliphatic carbocycles. The van der Waals surface area contributed by atoms with Gasteiger partial charge in [-0.2, -0.15) is 0 Å². The highest BCUT2D eigenvalue weighted by Gasteiger charge is 2.30. The zero-order valence-corrected chi connectivity index (χ0v) is 13.3. The van der Waals surface area contributed by atoms with Gasteiger partial charge in [-0.15, -0.1) is 0 Å². The smallest absolute Gasteiger partial charge is 0.0329 e. The number of aryl methyl sites for hydroxylation is 2. The fourth-order valence-electron chi connectivity index (χ4n) is 2.85. The Morgan fingerprint density at radius 2 is 1.68 bits per heavy atom. The van der Waals surface area contributed by atoms with Gasteiger partial charge < -0.3 is 5.73 Å². The maximum Gasteiger partial charge on any atom is 0.0329 e. The van der Waals surface area contributed by atoms with Crippen LogP contribution in [0.15, 0.2) is 18.2 Å². The zero-order valence-electron chi connectivity index (χ0n) is 13.3. The summed E-state index contributed by atoms with van der Waals surface area (Å²) in [7, 11) is 0. The van der Waals surface area contributed by atoms with E-state index in [0.29, 0.717) is 0 Å². The summed E-state index contributed by atoms with van der Waals surface area (Å²) in [6, 6.07) is 6.78. The predicted octanol–water partition coefficient (Wildman–Crippen LogP) is 3.64. The van der Waals surface area contributed by atoms with Crippen molar-refractivity contribution in [3.8, 4) is 0 Å². The van der Waals surface area contributed by atoms with Crippen LogP contribution in [-0.2, 0) is 6.54 Å². The van der Waals surface area contributed by atoms with Crippen molar-refractivity contribution in [1.29, 1.82) is 0 Å². The van der Waals surface area contributed by atoms with E-state index >= 15 is 0 Å². The van der Waals surface area contributed by atoms with E-state index in [-0.39, 0.29) is 5.54 Å². The third-order valence-electron chi connectivity index (χ3n) is 4.69. The van der Waals surface area contributed by atoms with Crippen LogP contribution in [0.1, 0.15) is 50.3 Å². The average Bonchev–Trinajstić information content (AvgIpc) is 2.43. The summed E-state index contributed by atoms with van der Waals surface area (Å²) in [5.74, 6) is 0. The summed E-state index contributed by atoms with van der Waals surface area (Å²) in [5.41, 5.74) is 10.3. The van der Waals surface area contributed by atoms with Gasteiger partial charge in [0, 0.05) is 18.6 Å². The van der Waals surface area contributed by atoms with Gasteiger partial charge >= 0.3 is 0 Å². The standard InChI is InChI=1S/C17H30N2/c1-6-17(7-2,13-18)19(8-3)12-16-10-9-14(4)15(5)11-16/h9-11H,6-8,12-13,18H2,1-5H3. The summed E-state index contributed by atoms with van der Waals surface area (Å²) in [6.07, 6.45) is 2.22. The molecule has 108 valence electrons. The Morgan fingerprint density at radius 3 is 2.11 bits per heavy atom. The lowest BCUT2D eigenvalue weighted by Gasteiger charge is -2.42. The lowest BCUT2D eigenvalue weighted by atomic mass is 9.90. The van der Waals surface area contributed by atoms with Crippen molar-refractivity contribution < 1.29 is 0 Å². The molecule has 1 aromatic carbocycles. The minimum atomic E-state index is 0.146. The third kappa shape index (κ3) is 3.58. The minimum absolute atomic E-state index is 0.146. The first-order valence-electron chi connectivity index (χ1n) is 7.54. The van der Waals surface area contributed by atoms with E-state index in [1.807, 2.05) is 0 Å². The molecule has 0 bridgehead atoms. The van der Waals surface area contributed by atoms with Crippen LogP contribution in [0.3, 0.4) is 0 Å². The number of hydrogen-bond donors (Lipinski definition) is 1. The SMILES string of the molecule is CCN(Cc1ccc(C)c(C)c1)C(CC)(CC)CN. The second kappa shape index (κ2) is 7.06. The number of hydrogen-bond acceptors (Lipinski definition) is 2. The maximum absolute atomic E-state index is 6.07. The summed E-state index contributed by atoms with van der Waals surface area (Å²) in [6.45, 7) is 13.9. The van der Waals surface area contributed by atoms with E-state index in [2.05, 4.69) is 57.7 Å². The molecule has 0 spiro atoms. The number of likely N-dealkylation sites (N-methyl/N-ethyl adjacent to an activating group) is 1. The van der Waals surface area contributed by atoms with Crippen molar-refractivity contribution in [2.24, 2.45) is 5.73 Å². The van der Waals surface area contributed by atoms with Crippen LogP contribution in [0.25, 0.3) is 0 Å². The highest BCUT2D eigenvalue weighted by molar-refractivity contribution is 5.30. The summed E-state index contributed by atoms with van der Waals surface area (Å²) in [5, 5.41) is 0. The molecular formula is C17H30N2. The molecular weight excluding hydrogens is 232 g/mol. The predicted molar refractivity (Wildman–Crippen MR) is 84.4 cm³/mol. The molecule has 0 amide bonds. The average molecular weight is 262 g/mol. The molecule has 0 fully saturated rings. The first-order chi connectivity index (χ1) is 9.02. The molecule has 2 N–H and O–H groups in total. The number of rotatable bonds is 7. The number of benzene rings is 1. The minimum Gasteiger partial charge on any atom is -0.329 e. The van der Waals surface area contributed by atoms with E-state index in [4.69, 9.17) is 5.73 Å². The second-order valence-corrected chi connectivity index (χ2v) is 5.57. The summed E-state index contributed by atoms with van der Waals surface area (Å²) in [4.78, 5) is 2.54. The van der Waals surface area contributed by atoms with E-state index in [1.165, 1.54) is 16.7 Å². The zero-order chi connectivity index (χ0) is 14.5. The number of nitrogens with zero attached hydrogens (tertiary/aromatic N) is 1. The van der Waals surface area contributed by atoms with Gasteiger partial charge in [-0.3, -0.25) is 4.90 Å². The first kappa shape index (κ1) is 16.2. The molecule has 0 saturated heterocycles. The monoisotopic (exact) mass is 262 g/mol. The molecule has 1 aromatic rings. The Morgan fingerprint density at radius 1 is 1.05 bits per heavy atom. The van der Waals surface area contributed by atoms with E-state index in [0.717, 1.165) is 32.5 Å². The van der Waals surface area contributed by atoms with E-state index in [9.17, 15) is 0 Å². The van der Waals surface area contributed by atoms with Gasteiger partial charge in [0.2, 0.25) is 0 Å². The molecule has 0 saturated carbocycles. The highest BCUT2D eigenvalue weighted by Crippen LogP contribution is 2.25. The highest BCUT2D eigenvalue weighted by atomic mass is 15.2. The first-order valence-corrected chi connectivity index (χ1v) is 7.54. The third-order valence-corrected chi connectivity index (χ3v) is 4.69. The topological polar surface area (TPSA) is 29.3 Å². The molecule has 2 heteroatoms. The fourth-order valence-corrected chi connectivity index (χ4v) is 2.85. The van der Waals surface area contributed by atoms with Crippen molar-refractivity contribution in [2.75, 3.05) is 13.1 Å². The van der Waals surface area contributed by atoms with Crippen molar-refractivity contribution in [3.63, 3.8) is 0 Å². The molecule has 0 aliphatic heterocycles. The van der Waals surface area contributed by atoms with Crippen molar-refractivity contribution in [3.05, 3.63) is 34.9 Å². The normalized spacial score (nSPS) is 12.2. The Bertz CT molecular complexity index is 386. The molecule has 0 atom stereocenters. The molecule has 19 heavy (non-hydrogen) atoms. The molecule has 2 nitrogen and oxygen atoms in total. The van der Waals surface area contributed by atoms with E-state index < -0.39 is 0 Å². The van der Waals surface area contributed by atoms with Crippen LogP contribution in [-0.4, -0.2) is 23.5 Å². The van der Waals surface area contributed by atoms with Crippen LogP contribution < -0.4 is 5.73 Å². The van der Waals surface area contributed by atoms with Crippen LogP contribution >= 0.6 is 0 Å². The second-order valence-electron chi connectivity index (χ2n) is 5.57. The molecule has 0 aliphatic rings. The molecule has 0 aromatic heterocycles. The summed E-state index contributed by atoms with van der Waals surface area (Å²) < 4.78 is 0. The van der Waals surface area contributed by atoms with Crippen LogP contribution in [0.4, 0.5) is 0 Å². The Balaban J connectivity index is 2.95. The Kier molecular flexibility index (Phi) is 6.02. The Hall–Kier alpha value is -0.860. The van der Waals surface area contributed by atoms with Crippen LogP contribution in [0.5, 0.6) is 0 Å². The number of nitrogens with two attached hydrogens (primary N) is 1. The quantitative estimate of drug-likeness (QED) is 0.813. The van der Waals surface area contributed by atoms with Gasteiger partial charge in [0.1, 0.15) is 0 Å². The maximum atomic E-state index is 6.07. The lowest BCUT2D eigenvalue weighted by molar-refractivity contribution is 0.0828. The van der Waals surface area contributed by atoms with Gasteiger partial charge in [0.25, 0.3) is 0 Å². The van der Waals surface area contributed by atoms with Crippen LogP contribution in [0.2, 0.25) is 0 Å². The van der Waals surface area contributed by atoms with Crippen LogP contribution in [0, 0.1) is 13.8 Å². The van der Waals surface area contributed by atoms with Crippen molar-refractivity contribution >= 4 is 0 Å². The lowest BCUT2D eigenvalue weighted by Crippen LogP contribution is -2.52. The molecule has 0 unspecified atom stereocenters. The van der Waals surface area contributed by atoms with Gasteiger partial charge in [0.15, 0.2) is 0 Å². The van der Waals surface area contributed by atoms with Gasteiger partial charge in [-0.05, 0) is 49.9 Å². The molecule has 0 heterocycles. The van der Waals surface area contributed by atoms with Gasteiger partial charge in [-0.25, -0.2) is 0 Å². The molecule has 1 rings (SSSR count). The Labute approximate surface area is 119 Å². The van der Waals surface area contributed by atoms with Crippen molar-refractivity contribution in [2.45, 2.75) is 59.5 Å². The van der Waals surface area contributed by atoms with Gasteiger partial charge in [-0.1, -0.05) is 39.0 Å². The largest absolute Gasteiger partial charge is 0.329 e. The van der Waals surface area contributed by atoms with Crippen molar-refractivity contribution in [1.82, 2.24) is 4.90 Å². The molecule has 0 radical (unpaired) electrons. The fraction of sp³-hybridized carbons (Fsp3) is 0.647.